The van der Waals surface area contributed by atoms with E-state index in [2.05, 4.69) is 0 Å². The predicted molar refractivity (Wildman–Crippen MR) is 12.0 cm³/mol. The van der Waals surface area contributed by atoms with Gasteiger partial charge in [0, 0.05) is 0 Å². The van der Waals surface area contributed by atoms with Crippen LogP contribution in [0.2, 0.25) is 0 Å². The van der Waals surface area contributed by atoms with Gasteiger partial charge >= 0.3 is 58.1 Å². The van der Waals surface area contributed by atoms with Crippen molar-refractivity contribution in [2.24, 2.45) is 0 Å². The second-order valence-electron chi connectivity index (χ2n) is 0.287. The summed E-state index contributed by atoms with van der Waals surface area (Å²) in [5.74, 6) is 0. The molecule has 0 aromatic heterocycles. The molecule has 0 N–H and O–H groups in total. The standard InChI is InChI=1S/Hf.3O.H3Si.Ti/h;;;;1H3;. The van der Waals surface area contributed by atoms with E-state index in [1.807, 2.05) is 0 Å². The molecule has 0 heterocycles. The Morgan fingerprint density at radius 2 is 1.50 bits per heavy atom. The van der Waals surface area contributed by atoms with Crippen molar-refractivity contribution < 1.29 is 50.7 Å². The number of rotatable bonds is 0. The van der Waals surface area contributed by atoms with Crippen LogP contribution in [0.1, 0.15) is 0 Å². The van der Waals surface area contributed by atoms with Gasteiger partial charge in [-0.25, -0.2) is 0 Å². The molecule has 0 unspecified atom stereocenters. The van der Waals surface area contributed by atoms with E-state index in [9.17, 15) is 2.85 Å². The fraction of sp³-hybridized carbons (Fsp3) is 0. The molecule has 0 aliphatic rings. The molecule has 6 heteroatoms. The molecule has 0 radical (unpaired) electrons. The monoisotopic (exact) mass is 307 g/mol. The van der Waals surface area contributed by atoms with E-state index in [1.54, 1.807) is 0 Å². The Balaban J connectivity index is 0. The van der Waals surface area contributed by atoms with Gasteiger partial charge in [-0.2, -0.15) is 0 Å². The Morgan fingerprint density at radius 1 is 1.50 bits per heavy atom. The van der Waals surface area contributed by atoms with Gasteiger partial charge in [0.05, 0.1) is 0 Å². The second kappa shape index (κ2) is 16.4. The third kappa shape index (κ3) is 63.6. The van der Waals surface area contributed by atoms with Gasteiger partial charge in [-0.05, 0) is 0 Å². The Hall–Kier alpha value is 1.20. The van der Waals surface area contributed by atoms with Gasteiger partial charge in [0.2, 0.25) is 0 Å². The average molecular weight is 305 g/mol. The molecule has 0 bridgehead atoms. The third-order valence-electron chi connectivity index (χ3n) is 0. The molecule has 0 atom stereocenters. The molecule has 0 amide bonds. The molecule has 0 saturated heterocycles. The van der Waals surface area contributed by atoms with Gasteiger partial charge in [0.25, 0.3) is 0 Å². The van der Waals surface area contributed by atoms with Gasteiger partial charge in [0.1, 0.15) is 0 Å². The molecule has 0 aliphatic carbocycles. The fourth-order valence-electron chi connectivity index (χ4n) is 0. The summed E-state index contributed by atoms with van der Waals surface area (Å²) in [7, 11) is 1.01. The van der Waals surface area contributed by atoms with Crippen molar-refractivity contribution in [3.63, 3.8) is 0 Å². The van der Waals surface area contributed by atoms with Gasteiger partial charge in [0.15, 0.2) is 0 Å². The summed E-state index contributed by atoms with van der Waals surface area (Å²) < 4.78 is 26.2. The van der Waals surface area contributed by atoms with Crippen LogP contribution in [0.25, 0.3) is 0 Å². The molecular weight excluding hydrogens is 302 g/mol. The van der Waals surface area contributed by atoms with Gasteiger partial charge in [-0.1, -0.05) is 0 Å². The normalized spacial score (nSPS) is 3.33. The van der Waals surface area contributed by atoms with Crippen LogP contribution in [0.5, 0.6) is 0 Å². The first-order valence-electron chi connectivity index (χ1n) is 1.11. The van der Waals surface area contributed by atoms with Gasteiger partial charge in [-0.3, -0.25) is 0 Å². The third-order valence-corrected chi connectivity index (χ3v) is 0. The molecular formula is H3HfO3SiTi. The van der Waals surface area contributed by atoms with Crippen molar-refractivity contribution in [3.8, 4) is 0 Å². The van der Waals surface area contributed by atoms with Gasteiger partial charge < -0.3 is 0 Å². The maximum atomic E-state index is 9.19. The first-order chi connectivity index (χ1) is 2.83. The molecule has 6 heavy (non-hydrogen) atoms. The van der Waals surface area contributed by atoms with Crippen molar-refractivity contribution in [1.29, 1.82) is 0 Å². The molecule has 0 aromatic rings. The van der Waals surface area contributed by atoms with E-state index in [0.717, 1.165) is 7.43 Å². The van der Waals surface area contributed by atoms with Crippen LogP contribution in [-0.2, 0) is 50.7 Å². The van der Waals surface area contributed by atoms with E-state index >= 15 is 0 Å². The van der Waals surface area contributed by atoms with Crippen LogP contribution in [0.15, 0.2) is 0 Å². The molecule has 0 spiro atoms. The zero-order valence-electron chi connectivity index (χ0n) is 3.22. The fourth-order valence-corrected chi connectivity index (χ4v) is 0. The summed E-state index contributed by atoms with van der Waals surface area (Å²) in [5.41, 5.74) is 0. The molecule has 0 rings (SSSR count). The SMILES string of the molecule is [O]=[Hf][SiH3].[O]=[Ti]=[O]. The number of hydrogen-bond donors (Lipinski definition) is 0. The number of hydrogen-bond acceptors (Lipinski definition) is 3. The molecule has 0 saturated carbocycles. The van der Waals surface area contributed by atoms with E-state index in [-0.39, 0.29) is 0 Å². The first-order valence-corrected chi connectivity index (χ1v) is 15.6. The minimum absolute atomic E-state index is 1.01. The zero-order chi connectivity index (χ0) is 5.41. The van der Waals surface area contributed by atoms with Crippen LogP contribution in [-0.4, -0.2) is 7.43 Å². The van der Waals surface area contributed by atoms with Crippen LogP contribution >= 0.6 is 0 Å². The van der Waals surface area contributed by atoms with Crippen LogP contribution < -0.4 is 0 Å². The summed E-state index contributed by atoms with van der Waals surface area (Å²) in [5, 5.41) is 0. The van der Waals surface area contributed by atoms with E-state index < -0.39 is 41.2 Å². The first kappa shape index (κ1) is 10.2. The Bertz CT molecular complexity index is 55.8. The molecule has 0 aromatic carbocycles. The van der Waals surface area contributed by atoms with Crippen LogP contribution in [0.4, 0.5) is 0 Å². The van der Waals surface area contributed by atoms with Crippen LogP contribution in [0, 0.1) is 0 Å². The van der Waals surface area contributed by atoms with Crippen molar-refractivity contribution in [1.82, 2.24) is 0 Å². The summed E-state index contributed by atoms with van der Waals surface area (Å²) >= 11 is -3.03. The average Bonchev–Trinajstić information content (AvgIpc) is 1.39. The summed E-state index contributed by atoms with van der Waals surface area (Å²) in [6.45, 7) is 0. The summed E-state index contributed by atoms with van der Waals surface area (Å²) in [6.07, 6.45) is 0. The summed E-state index contributed by atoms with van der Waals surface area (Å²) in [6, 6.07) is 0. The molecule has 0 aliphatic heterocycles. The summed E-state index contributed by atoms with van der Waals surface area (Å²) in [4.78, 5) is 0. The molecule has 0 fully saturated rings. The van der Waals surface area contributed by atoms with E-state index in [4.69, 9.17) is 6.65 Å². The maximum absolute atomic E-state index is 9.19. The Morgan fingerprint density at radius 3 is 1.50 bits per heavy atom. The Kier molecular flexibility index (Phi) is 27.9. The predicted octanol–water partition coefficient (Wildman–Crippen LogP) is -1.55. The van der Waals surface area contributed by atoms with Crippen molar-refractivity contribution in [2.45, 2.75) is 0 Å². The second-order valence-corrected chi connectivity index (χ2v) is 5.36. The van der Waals surface area contributed by atoms with E-state index in [1.165, 1.54) is 0 Å². The molecule has 33 valence electrons. The molecule has 3 nitrogen and oxygen atoms in total. The zero-order valence-corrected chi connectivity index (χ0v) is 10.4. The quantitative estimate of drug-likeness (QED) is 0.510. The van der Waals surface area contributed by atoms with Crippen molar-refractivity contribution in [3.05, 3.63) is 0 Å². The van der Waals surface area contributed by atoms with Crippen LogP contribution in [0.3, 0.4) is 0 Å². The minimum atomic E-state index is -2.00. The van der Waals surface area contributed by atoms with Gasteiger partial charge in [-0.15, -0.1) is 0 Å². The Labute approximate surface area is 57.6 Å². The van der Waals surface area contributed by atoms with Crippen molar-refractivity contribution >= 4 is 7.43 Å². The van der Waals surface area contributed by atoms with E-state index in [0.29, 0.717) is 0 Å². The topological polar surface area (TPSA) is 51.2 Å². The van der Waals surface area contributed by atoms with Crippen molar-refractivity contribution in [2.75, 3.05) is 0 Å².